The van der Waals surface area contributed by atoms with E-state index in [1.54, 1.807) is 31.4 Å². The van der Waals surface area contributed by atoms with Crippen LogP contribution in [0.15, 0.2) is 48.5 Å². The third-order valence-electron chi connectivity index (χ3n) is 3.68. The molecule has 0 aliphatic carbocycles. The van der Waals surface area contributed by atoms with Gasteiger partial charge in [-0.2, -0.15) is 0 Å². The molecule has 0 amide bonds. The lowest BCUT2D eigenvalue weighted by Gasteiger charge is -2.12. The van der Waals surface area contributed by atoms with E-state index in [9.17, 15) is 14.0 Å². The van der Waals surface area contributed by atoms with E-state index in [-0.39, 0.29) is 5.56 Å². The summed E-state index contributed by atoms with van der Waals surface area (Å²) < 4.78 is 28.8. The summed E-state index contributed by atoms with van der Waals surface area (Å²) in [5, 5.41) is 0. The number of carbonyl (C=O) groups excluding carboxylic acids is 2. The molecule has 0 atom stereocenters. The van der Waals surface area contributed by atoms with Crippen molar-refractivity contribution in [3.05, 3.63) is 65.5 Å². The minimum absolute atomic E-state index is 0.278. The molecule has 0 fully saturated rings. The van der Waals surface area contributed by atoms with E-state index in [0.29, 0.717) is 24.0 Å². The van der Waals surface area contributed by atoms with Crippen LogP contribution >= 0.6 is 0 Å². The molecule has 0 aromatic heterocycles. The highest BCUT2D eigenvalue weighted by molar-refractivity contribution is 5.98. The maximum absolute atomic E-state index is 12.9. The second-order valence-corrected chi connectivity index (χ2v) is 6.49. The molecule has 0 spiro atoms. The van der Waals surface area contributed by atoms with E-state index in [2.05, 4.69) is 13.8 Å². The molecule has 6 heteroatoms. The number of rotatable bonds is 9. The number of hydrogen-bond donors (Lipinski definition) is 0. The Morgan fingerprint density at radius 3 is 2.43 bits per heavy atom. The first kappa shape index (κ1) is 21.2. The fourth-order valence-corrected chi connectivity index (χ4v) is 2.23. The number of esters is 1. The molecule has 28 heavy (non-hydrogen) atoms. The number of halogens is 1. The molecule has 0 aliphatic heterocycles. The second kappa shape index (κ2) is 10.3. The van der Waals surface area contributed by atoms with E-state index < -0.39 is 24.2 Å². The number of benzene rings is 2. The predicted molar refractivity (Wildman–Crippen MR) is 104 cm³/mol. The van der Waals surface area contributed by atoms with Crippen LogP contribution in [0, 0.1) is 11.7 Å². The van der Waals surface area contributed by atoms with Gasteiger partial charge < -0.3 is 14.2 Å². The van der Waals surface area contributed by atoms with Crippen LogP contribution in [0.3, 0.4) is 0 Å². The van der Waals surface area contributed by atoms with Gasteiger partial charge in [0.15, 0.2) is 23.9 Å². The fourth-order valence-electron chi connectivity index (χ4n) is 2.23. The monoisotopic (exact) mass is 386 g/mol. The molecule has 0 aliphatic rings. The highest BCUT2D eigenvalue weighted by atomic mass is 19.1. The van der Waals surface area contributed by atoms with Gasteiger partial charge in [-0.3, -0.25) is 4.79 Å². The van der Waals surface area contributed by atoms with Gasteiger partial charge in [0.1, 0.15) is 5.82 Å². The van der Waals surface area contributed by atoms with Gasteiger partial charge in [-0.05, 0) is 54.0 Å². The molecular weight excluding hydrogens is 363 g/mol. The topological polar surface area (TPSA) is 61.8 Å². The molecule has 0 unspecified atom stereocenters. The van der Waals surface area contributed by atoms with Gasteiger partial charge in [0.2, 0.25) is 0 Å². The van der Waals surface area contributed by atoms with Crippen molar-refractivity contribution in [2.75, 3.05) is 20.3 Å². The SMILES string of the molecule is COc1cc(/C=C/C(=O)OCC(=O)c2ccc(F)cc2)ccc1OCC(C)C. The summed E-state index contributed by atoms with van der Waals surface area (Å²) in [6.45, 7) is 4.26. The zero-order valence-electron chi connectivity index (χ0n) is 16.1. The molecule has 0 bridgehead atoms. The van der Waals surface area contributed by atoms with Crippen molar-refractivity contribution >= 4 is 17.8 Å². The fraction of sp³-hybridized carbons (Fsp3) is 0.273. The lowest BCUT2D eigenvalue weighted by atomic mass is 10.1. The number of ketones is 1. The zero-order chi connectivity index (χ0) is 20.5. The largest absolute Gasteiger partial charge is 0.493 e. The molecule has 2 rings (SSSR count). The van der Waals surface area contributed by atoms with Crippen molar-refractivity contribution in [1.82, 2.24) is 0 Å². The van der Waals surface area contributed by atoms with Crippen LogP contribution in [-0.2, 0) is 9.53 Å². The average molecular weight is 386 g/mol. The molecule has 0 saturated heterocycles. The van der Waals surface area contributed by atoms with Gasteiger partial charge in [-0.1, -0.05) is 19.9 Å². The second-order valence-electron chi connectivity index (χ2n) is 6.49. The molecule has 0 heterocycles. The van der Waals surface area contributed by atoms with Gasteiger partial charge in [0.05, 0.1) is 13.7 Å². The Balaban J connectivity index is 1.92. The van der Waals surface area contributed by atoms with Crippen LogP contribution in [-0.4, -0.2) is 32.1 Å². The van der Waals surface area contributed by atoms with Gasteiger partial charge in [-0.15, -0.1) is 0 Å². The first-order valence-corrected chi connectivity index (χ1v) is 8.83. The van der Waals surface area contributed by atoms with Crippen LogP contribution in [0.4, 0.5) is 4.39 Å². The minimum Gasteiger partial charge on any atom is -0.493 e. The van der Waals surface area contributed by atoms with Gasteiger partial charge in [0, 0.05) is 11.6 Å². The number of hydrogen-bond acceptors (Lipinski definition) is 5. The van der Waals surface area contributed by atoms with Crippen LogP contribution in [0.1, 0.15) is 29.8 Å². The quantitative estimate of drug-likeness (QED) is 0.365. The van der Waals surface area contributed by atoms with Crippen molar-refractivity contribution in [1.29, 1.82) is 0 Å². The Morgan fingerprint density at radius 1 is 1.07 bits per heavy atom. The molecule has 5 nitrogen and oxygen atoms in total. The van der Waals surface area contributed by atoms with E-state index in [4.69, 9.17) is 14.2 Å². The van der Waals surface area contributed by atoms with E-state index >= 15 is 0 Å². The van der Waals surface area contributed by atoms with Crippen molar-refractivity contribution in [3.63, 3.8) is 0 Å². The highest BCUT2D eigenvalue weighted by Gasteiger charge is 2.09. The Kier molecular flexibility index (Phi) is 7.75. The Bertz CT molecular complexity index is 841. The molecule has 0 saturated carbocycles. The summed E-state index contributed by atoms with van der Waals surface area (Å²) in [6, 6.07) is 10.3. The zero-order valence-corrected chi connectivity index (χ0v) is 16.1. The molecule has 0 N–H and O–H groups in total. The average Bonchev–Trinajstić information content (AvgIpc) is 2.69. The Morgan fingerprint density at radius 2 is 1.79 bits per heavy atom. The predicted octanol–water partition coefficient (Wildman–Crippen LogP) is 4.31. The summed E-state index contributed by atoms with van der Waals surface area (Å²) >= 11 is 0. The third kappa shape index (κ3) is 6.54. The van der Waals surface area contributed by atoms with Crippen molar-refractivity contribution in [2.45, 2.75) is 13.8 Å². The molecule has 2 aromatic rings. The third-order valence-corrected chi connectivity index (χ3v) is 3.68. The maximum atomic E-state index is 12.9. The van der Waals surface area contributed by atoms with Crippen molar-refractivity contribution in [2.24, 2.45) is 5.92 Å². The minimum atomic E-state index is -0.658. The van der Waals surface area contributed by atoms with Gasteiger partial charge >= 0.3 is 5.97 Å². The normalized spacial score (nSPS) is 10.9. The number of ether oxygens (including phenoxy) is 3. The highest BCUT2D eigenvalue weighted by Crippen LogP contribution is 2.29. The van der Waals surface area contributed by atoms with Gasteiger partial charge in [0.25, 0.3) is 0 Å². The van der Waals surface area contributed by atoms with E-state index in [1.165, 1.54) is 30.3 Å². The number of Topliss-reactive ketones (excluding diaryl/α,β-unsaturated/α-hetero) is 1. The molecule has 2 aromatic carbocycles. The summed E-state index contributed by atoms with van der Waals surface area (Å²) in [7, 11) is 1.54. The Labute approximate surface area is 163 Å². The maximum Gasteiger partial charge on any atom is 0.331 e. The Hall–Kier alpha value is -3.15. The summed E-state index contributed by atoms with van der Waals surface area (Å²) in [4.78, 5) is 23.7. The summed E-state index contributed by atoms with van der Waals surface area (Å²) in [5.41, 5.74) is 0.996. The lowest BCUT2D eigenvalue weighted by molar-refractivity contribution is -0.136. The smallest absolute Gasteiger partial charge is 0.331 e. The first-order chi connectivity index (χ1) is 13.4. The summed E-state index contributed by atoms with van der Waals surface area (Å²) in [6.07, 6.45) is 2.78. The van der Waals surface area contributed by atoms with Crippen LogP contribution in [0.25, 0.3) is 6.08 Å². The first-order valence-electron chi connectivity index (χ1n) is 8.83. The molecule has 148 valence electrons. The van der Waals surface area contributed by atoms with Crippen molar-refractivity contribution < 1.29 is 28.2 Å². The number of carbonyl (C=O) groups is 2. The van der Waals surface area contributed by atoms with Crippen LogP contribution in [0.5, 0.6) is 11.5 Å². The number of methoxy groups -OCH3 is 1. The van der Waals surface area contributed by atoms with Crippen molar-refractivity contribution in [3.8, 4) is 11.5 Å². The molecule has 0 radical (unpaired) electrons. The lowest BCUT2D eigenvalue weighted by Crippen LogP contribution is -2.12. The summed E-state index contributed by atoms with van der Waals surface area (Å²) in [5.74, 6) is 0.0670. The van der Waals surface area contributed by atoms with E-state index in [1.807, 2.05) is 0 Å². The van der Waals surface area contributed by atoms with Gasteiger partial charge in [-0.25, -0.2) is 9.18 Å². The van der Waals surface area contributed by atoms with Crippen LogP contribution < -0.4 is 9.47 Å². The van der Waals surface area contributed by atoms with E-state index in [0.717, 1.165) is 5.56 Å². The molecular formula is C22H23FO5. The standard InChI is InChI=1S/C22H23FO5/c1-15(2)13-27-20-10-4-16(12-21(20)26-3)5-11-22(25)28-14-19(24)17-6-8-18(23)9-7-17/h4-12,15H,13-14H2,1-3H3/b11-5+. The van der Waals surface area contributed by atoms with Crippen LogP contribution in [0.2, 0.25) is 0 Å².